The van der Waals surface area contributed by atoms with Crippen LogP contribution in [0.3, 0.4) is 0 Å². The largest absolute Gasteiger partial charge is 0.377 e. The van der Waals surface area contributed by atoms with Gasteiger partial charge in [0.2, 0.25) is 10.0 Å². The van der Waals surface area contributed by atoms with Gasteiger partial charge in [-0.05, 0) is 38.1 Å². The molecule has 21 heavy (non-hydrogen) atoms. The summed E-state index contributed by atoms with van der Waals surface area (Å²) >= 11 is 6.13. The van der Waals surface area contributed by atoms with Crippen molar-refractivity contribution in [2.45, 2.75) is 37.8 Å². The van der Waals surface area contributed by atoms with Crippen LogP contribution in [0.2, 0.25) is 5.02 Å². The average Bonchev–Trinajstić information content (AvgIpc) is 2.44. The first kappa shape index (κ1) is 18.4. The highest BCUT2D eigenvalue weighted by Crippen LogP contribution is 2.21. The van der Waals surface area contributed by atoms with Gasteiger partial charge in [-0.1, -0.05) is 24.6 Å². The zero-order valence-corrected chi connectivity index (χ0v) is 14.4. The molecule has 1 aromatic rings. The van der Waals surface area contributed by atoms with Crippen LogP contribution in [-0.2, 0) is 21.3 Å². The number of hydrogen-bond donors (Lipinski definition) is 2. The molecule has 0 bridgehead atoms. The molecule has 0 saturated heterocycles. The number of hydrogen-bond acceptors (Lipinski definition) is 4. The first-order valence-electron chi connectivity index (χ1n) is 6.76. The zero-order chi connectivity index (χ0) is 16.1. The molecule has 7 heteroatoms. The highest BCUT2D eigenvalue weighted by Gasteiger charge is 2.22. The smallest absolute Gasteiger partial charge is 0.240 e. The lowest BCUT2D eigenvalue weighted by atomic mass is 10.1. The SMILES string of the molecule is CCNCc1ccc(S(=O)(=O)NCC(C)(C)OC)cc1Cl. The van der Waals surface area contributed by atoms with E-state index in [0.29, 0.717) is 11.6 Å². The average molecular weight is 335 g/mol. The summed E-state index contributed by atoms with van der Waals surface area (Å²) in [6.07, 6.45) is 0. The van der Waals surface area contributed by atoms with Gasteiger partial charge < -0.3 is 10.1 Å². The molecule has 1 rings (SSSR count). The van der Waals surface area contributed by atoms with Gasteiger partial charge in [0.15, 0.2) is 0 Å². The standard InChI is InChI=1S/C14H23ClN2O3S/c1-5-16-9-11-6-7-12(8-13(11)15)21(18,19)17-10-14(2,3)20-4/h6-8,16-17H,5,9-10H2,1-4H3. The Morgan fingerprint density at radius 3 is 2.52 bits per heavy atom. The molecule has 0 aliphatic heterocycles. The van der Waals surface area contributed by atoms with Crippen molar-refractivity contribution in [1.29, 1.82) is 0 Å². The van der Waals surface area contributed by atoms with Crippen LogP contribution in [0.5, 0.6) is 0 Å². The Balaban J connectivity index is 2.87. The van der Waals surface area contributed by atoms with Gasteiger partial charge in [0.25, 0.3) is 0 Å². The highest BCUT2D eigenvalue weighted by atomic mass is 35.5. The summed E-state index contributed by atoms with van der Waals surface area (Å²) in [5.41, 5.74) is 0.302. The summed E-state index contributed by atoms with van der Waals surface area (Å²) in [6.45, 7) is 7.23. The Kier molecular flexibility index (Phi) is 6.62. The van der Waals surface area contributed by atoms with Crippen molar-refractivity contribution in [2.75, 3.05) is 20.2 Å². The number of sulfonamides is 1. The van der Waals surface area contributed by atoms with Crippen LogP contribution in [-0.4, -0.2) is 34.2 Å². The number of nitrogens with one attached hydrogen (secondary N) is 2. The molecule has 2 N–H and O–H groups in total. The molecule has 0 amide bonds. The van der Waals surface area contributed by atoms with Crippen LogP contribution in [0.4, 0.5) is 0 Å². The molecule has 0 saturated carbocycles. The van der Waals surface area contributed by atoms with Crippen LogP contribution in [0.25, 0.3) is 0 Å². The van der Waals surface area contributed by atoms with Crippen molar-refractivity contribution in [3.63, 3.8) is 0 Å². The second kappa shape index (κ2) is 7.56. The molecule has 0 fully saturated rings. The quantitative estimate of drug-likeness (QED) is 0.764. The Bertz CT molecular complexity index is 574. The minimum Gasteiger partial charge on any atom is -0.377 e. The summed E-state index contributed by atoms with van der Waals surface area (Å²) in [7, 11) is -2.06. The summed E-state index contributed by atoms with van der Waals surface area (Å²) in [5.74, 6) is 0. The van der Waals surface area contributed by atoms with Crippen LogP contribution in [0.15, 0.2) is 23.1 Å². The van der Waals surface area contributed by atoms with E-state index in [1.165, 1.54) is 6.07 Å². The van der Waals surface area contributed by atoms with Gasteiger partial charge in [0.1, 0.15) is 0 Å². The first-order valence-corrected chi connectivity index (χ1v) is 8.62. The van der Waals surface area contributed by atoms with Gasteiger partial charge in [0, 0.05) is 25.2 Å². The van der Waals surface area contributed by atoms with E-state index >= 15 is 0 Å². The Morgan fingerprint density at radius 1 is 1.33 bits per heavy atom. The monoisotopic (exact) mass is 334 g/mol. The molecule has 0 aliphatic carbocycles. The first-order chi connectivity index (χ1) is 9.72. The zero-order valence-electron chi connectivity index (χ0n) is 12.9. The Labute approximate surface area is 132 Å². The maximum atomic E-state index is 12.2. The number of ether oxygens (including phenoxy) is 1. The lowest BCUT2D eigenvalue weighted by molar-refractivity contribution is 0.0276. The molecule has 0 heterocycles. The van der Waals surface area contributed by atoms with Gasteiger partial charge in [-0.2, -0.15) is 0 Å². The minimum absolute atomic E-state index is 0.152. The summed E-state index contributed by atoms with van der Waals surface area (Å²) in [4.78, 5) is 0.152. The summed E-state index contributed by atoms with van der Waals surface area (Å²) in [5, 5.41) is 3.59. The number of methoxy groups -OCH3 is 1. The maximum absolute atomic E-state index is 12.2. The Hall–Kier alpha value is -0.660. The van der Waals surface area contributed by atoms with E-state index in [1.807, 2.05) is 20.8 Å². The van der Waals surface area contributed by atoms with Gasteiger partial charge in [-0.15, -0.1) is 0 Å². The number of halogens is 1. The van der Waals surface area contributed by atoms with E-state index in [2.05, 4.69) is 10.0 Å². The molecule has 0 radical (unpaired) electrons. The molecular formula is C14H23ClN2O3S. The third-order valence-electron chi connectivity index (χ3n) is 3.14. The van der Waals surface area contributed by atoms with Crippen LogP contribution in [0.1, 0.15) is 26.3 Å². The number of rotatable bonds is 8. The predicted molar refractivity (Wildman–Crippen MR) is 85.1 cm³/mol. The second-order valence-electron chi connectivity index (χ2n) is 5.32. The van der Waals surface area contributed by atoms with Crippen molar-refractivity contribution in [3.8, 4) is 0 Å². The lowest BCUT2D eigenvalue weighted by Gasteiger charge is -2.23. The molecule has 5 nitrogen and oxygen atoms in total. The molecular weight excluding hydrogens is 312 g/mol. The highest BCUT2D eigenvalue weighted by molar-refractivity contribution is 7.89. The fourth-order valence-corrected chi connectivity index (χ4v) is 3.06. The fourth-order valence-electron chi connectivity index (χ4n) is 1.52. The van der Waals surface area contributed by atoms with Crippen molar-refractivity contribution < 1.29 is 13.2 Å². The maximum Gasteiger partial charge on any atom is 0.240 e. The minimum atomic E-state index is -3.60. The lowest BCUT2D eigenvalue weighted by Crippen LogP contribution is -2.39. The van der Waals surface area contributed by atoms with E-state index in [4.69, 9.17) is 16.3 Å². The fraction of sp³-hybridized carbons (Fsp3) is 0.571. The van der Waals surface area contributed by atoms with E-state index in [-0.39, 0.29) is 11.4 Å². The van der Waals surface area contributed by atoms with E-state index in [0.717, 1.165) is 12.1 Å². The van der Waals surface area contributed by atoms with Crippen LogP contribution in [0, 0.1) is 0 Å². The van der Waals surface area contributed by atoms with Crippen molar-refractivity contribution in [3.05, 3.63) is 28.8 Å². The molecule has 1 aromatic carbocycles. The third kappa shape index (κ3) is 5.56. The molecule has 0 aromatic heterocycles. The normalized spacial score (nSPS) is 12.6. The summed E-state index contributed by atoms with van der Waals surface area (Å²) < 4.78 is 32.2. The summed E-state index contributed by atoms with van der Waals surface area (Å²) in [6, 6.07) is 4.75. The van der Waals surface area contributed by atoms with E-state index in [1.54, 1.807) is 19.2 Å². The molecule has 0 unspecified atom stereocenters. The van der Waals surface area contributed by atoms with Crippen molar-refractivity contribution >= 4 is 21.6 Å². The molecule has 0 aliphatic rings. The predicted octanol–water partition coefficient (Wildman–Crippen LogP) is 2.15. The molecule has 120 valence electrons. The van der Waals surface area contributed by atoms with Crippen LogP contribution < -0.4 is 10.0 Å². The van der Waals surface area contributed by atoms with Crippen LogP contribution >= 0.6 is 11.6 Å². The van der Waals surface area contributed by atoms with E-state index < -0.39 is 15.6 Å². The topological polar surface area (TPSA) is 67.4 Å². The molecule has 0 atom stereocenters. The van der Waals surface area contributed by atoms with Gasteiger partial charge >= 0.3 is 0 Å². The van der Waals surface area contributed by atoms with Gasteiger partial charge in [0.05, 0.1) is 10.5 Å². The van der Waals surface area contributed by atoms with Gasteiger partial charge in [-0.25, -0.2) is 13.1 Å². The molecule has 0 spiro atoms. The second-order valence-corrected chi connectivity index (χ2v) is 7.50. The Morgan fingerprint density at radius 2 is 2.00 bits per heavy atom. The van der Waals surface area contributed by atoms with E-state index in [9.17, 15) is 8.42 Å². The third-order valence-corrected chi connectivity index (χ3v) is 4.89. The number of benzene rings is 1. The van der Waals surface area contributed by atoms with Gasteiger partial charge in [-0.3, -0.25) is 0 Å². The van der Waals surface area contributed by atoms with Crippen molar-refractivity contribution in [1.82, 2.24) is 10.0 Å². The van der Waals surface area contributed by atoms with Crippen molar-refractivity contribution in [2.24, 2.45) is 0 Å².